The first kappa shape index (κ1) is 16.9. The van der Waals surface area contributed by atoms with E-state index < -0.39 is 6.10 Å². The average Bonchev–Trinajstić information content (AvgIpc) is 2.42. The molecule has 2 unspecified atom stereocenters. The van der Waals surface area contributed by atoms with Crippen LogP contribution >= 0.6 is 15.9 Å². The highest BCUT2D eigenvalue weighted by atomic mass is 79.9. The molecular weight excluding hydrogens is 324 g/mol. The van der Waals surface area contributed by atoms with E-state index in [0.717, 1.165) is 4.47 Å². The number of para-hydroxylation sites is 1. The molecule has 1 rings (SSSR count). The summed E-state index contributed by atoms with van der Waals surface area (Å²) in [6.45, 7) is 2.14. The number of nitrogens with one attached hydrogen (secondary N) is 1. The molecule has 0 heterocycles. The number of hydrogen-bond acceptors (Lipinski definition) is 4. The van der Waals surface area contributed by atoms with E-state index in [0.29, 0.717) is 18.6 Å². The molecule has 0 aromatic heterocycles. The topological polar surface area (TPSA) is 84.6 Å². The Kier molecular flexibility index (Phi) is 7.58. The van der Waals surface area contributed by atoms with Crippen LogP contribution in [-0.2, 0) is 4.79 Å². The molecule has 0 saturated carbocycles. The van der Waals surface area contributed by atoms with Crippen molar-refractivity contribution in [3.05, 3.63) is 28.7 Å². The summed E-state index contributed by atoms with van der Waals surface area (Å²) in [7, 11) is 0. The van der Waals surface area contributed by atoms with Crippen molar-refractivity contribution < 1.29 is 14.6 Å². The van der Waals surface area contributed by atoms with Gasteiger partial charge in [-0.1, -0.05) is 12.1 Å². The van der Waals surface area contributed by atoms with Gasteiger partial charge in [-0.15, -0.1) is 0 Å². The maximum atomic E-state index is 11.5. The van der Waals surface area contributed by atoms with Gasteiger partial charge in [-0.05, 0) is 41.4 Å². The summed E-state index contributed by atoms with van der Waals surface area (Å²) in [6.07, 6.45) is 0.256. The fourth-order valence-electron chi connectivity index (χ4n) is 1.49. The van der Waals surface area contributed by atoms with E-state index in [2.05, 4.69) is 21.2 Å². The maximum absolute atomic E-state index is 11.5. The Hall–Kier alpha value is -1.11. The van der Waals surface area contributed by atoms with Crippen LogP contribution in [0.1, 0.15) is 19.8 Å². The van der Waals surface area contributed by atoms with E-state index in [1.54, 1.807) is 6.07 Å². The summed E-state index contributed by atoms with van der Waals surface area (Å²) >= 11 is 3.35. The van der Waals surface area contributed by atoms with Crippen molar-refractivity contribution in [3.63, 3.8) is 0 Å². The Morgan fingerprint density at radius 3 is 2.85 bits per heavy atom. The molecule has 5 nitrogen and oxygen atoms in total. The van der Waals surface area contributed by atoms with Crippen molar-refractivity contribution in [2.45, 2.75) is 31.9 Å². The van der Waals surface area contributed by atoms with Crippen LogP contribution in [0.25, 0.3) is 0 Å². The lowest BCUT2D eigenvalue weighted by Gasteiger charge is -2.14. The molecule has 0 fully saturated rings. The normalized spacial score (nSPS) is 13.6. The predicted octanol–water partition coefficient (Wildman–Crippen LogP) is 1.43. The molecule has 1 aromatic carbocycles. The van der Waals surface area contributed by atoms with Crippen LogP contribution in [0.15, 0.2) is 28.7 Å². The number of benzene rings is 1. The quantitative estimate of drug-likeness (QED) is 0.666. The van der Waals surface area contributed by atoms with Crippen LogP contribution in [0.5, 0.6) is 5.75 Å². The third kappa shape index (κ3) is 6.88. The van der Waals surface area contributed by atoms with Gasteiger partial charge in [-0.25, -0.2) is 0 Å². The number of ether oxygens (including phenoxy) is 1. The third-order valence-electron chi connectivity index (χ3n) is 2.63. The van der Waals surface area contributed by atoms with Crippen LogP contribution in [0.3, 0.4) is 0 Å². The van der Waals surface area contributed by atoms with Gasteiger partial charge in [0.05, 0.1) is 4.47 Å². The number of carbonyl (C=O) groups excluding carboxylic acids is 1. The number of aliphatic hydroxyl groups is 1. The van der Waals surface area contributed by atoms with Crippen LogP contribution in [0.2, 0.25) is 0 Å². The average molecular weight is 345 g/mol. The SMILES string of the molecule is CC(N)CCC(=O)NCC(O)COc1ccccc1Br. The van der Waals surface area contributed by atoms with Crippen LogP contribution in [0, 0.1) is 0 Å². The number of aliphatic hydroxyl groups excluding tert-OH is 1. The van der Waals surface area contributed by atoms with E-state index in [9.17, 15) is 9.90 Å². The molecule has 4 N–H and O–H groups in total. The highest BCUT2D eigenvalue weighted by Crippen LogP contribution is 2.23. The van der Waals surface area contributed by atoms with Crippen molar-refractivity contribution in [2.75, 3.05) is 13.2 Å². The minimum atomic E-state index is -0.749. The molecule has 2 atom stereocenters. The minimum Gasteiger partial charge on any atom is -0.490 e. The lowest BCUT2D eigenvalue weighted by molar-refractivity contribution is -0.121. The van der Waals surface area contributed by atoms with Gasteiger partial charge in [-0.3, -0.25) is 4.79 Å². The highest BCUT2D eigenvalue weighted by molar-refractivity contribution is 9.10. The molecule has 0 bridgehead atoms. The van der Waals surface area contributed by atoms with Gasteiger partial charge in [0.25, 0.3) is 0 Å². The third-order valence-corrected chi connectivity index (χ3v) is 3.28. The molecule has 0 spiro atoms. The predicted molar refractivity (Wildman–Crippen MR) is 81.5 cm³/mol. The van der Waals surface area contributed by atoms with Gasteiger partial charge in [0.1, 0.15) is 18.5 Å². The molecule has 0 aliphatic carbocycles. The summed E-state index contributed by atoms with van der Waals surface area (Å²) < 4.78 is 6.29. The number of nitrogens with two attached hydrogens (primary N) is 1. The van der Waals surface area contributed by atoms with Gasteiger partial charge in [0.2, 0.25) is 5.91 Å². The molecule has 112 valence electrons. The monoisotopic (exact) mass is 344 g/mol. The van der Waals surface area contributed by atoms with Gasteiger partial charge < -0.3 is 20.9 Å². The number of halogens is 1. The highest BCUT2D eigenvalue weighted by Gasteiger charge is 2.09. The van der Waals surface area contributed by atoms with Crippen LogP contribution in [-0.4, -0.2) is 36.3 Å². The summed E-state index contributed by atoms with van der Waals surface area (Å²) in [6, 6.07) is 7.40. The zero-order chi connectivity index (χ0) is 15.0. The largest absolute Gasteiger partial charge is 0.490 e. The second-order valence-corrected chi connectivity index (χ2v) is 5.57. The summed E-state index contributed by atoms with van der Waals surface area (Å²) in [5.41, 5.74) is 5.57. The van der Waals surface area contributed by atoms with E-state index in [-0.39, 0.29) is 25.1 Å². The van der Waals surface area contributed by atoms with E-state index >= 15 is 0 Å². The molecule has 0 aliphatic heterocycles. The summed E-state index contributed by atoms with van der Waals surface area (Å²) in [4.78, 5) is 11.5. The van der Waals surface area contributed by atoms with Crippen molar-refractivity contribution >= 4 is 21.8 Å². The van der Waals surface area contributed by atoms with Crippen molar-refractivity contribution in [1.29, 1.82) is 0 Å². The van der Waals surface area contributed by atoms with Crippen molar-refractivity contribution in [3.8, 4) is 5.75 Å². The number of amides is 1. The summed E-state index contributed by atoms with van der Waals surface area (Å²) in [5, 5.41) is 12.4. The first-order chi connectivity index (χ1) is 9.49. The van der Waals surface area contributed by atoms with Crippen molar-refractivity contribution in [1.82, 2.24) is 5.32 Å². The number of rotatable bonds is 8. The maximum Gasteiger partial charge on any atom is 0.220 e. The Balaban J connectivity index is 2.22. The lowest BCUT2D eigenvalue weighted by Crippen LogP contribution is -2.35. The zero-order valence-electron chi connectivity index (χ0n) is 11.5. The second kappa shape index (κ2) is 8.94. The first-order valence-corrected chi connectivity index (χ1v) is 7.36. The fourth-order valence-corrected chi connectivity index (χ4v) is 1.88. The number of carbonyl (C=O) groups is 1. The Labute approximate surface area is 127 Å². The Morgan fingerprint density at radius 2 is 2.20 bits per heavy atom. The van der Waals surface area contributed by atoms with E-state index in [4.69, 9.17) is 10.5 Å². The van der Waals surface area contributed by atoms with E-state index in [1.807, 2.05) is 25.1 Å². The Bertz CT molecular complexity index is 427. The molecule has 1 amide bonds. The molecular formula is C14H21BrN2O3. The molecule has 0 aliphatic rings. The van der Waals surface area contributed by atoms with Gasteiger partial charge >= 0.3 is 0 Å². The van der Waals surface area contributed by atoms with Crippen LogP contribution in [0.4, 0.5) is 0 Å². The number of hydrogen-bond donors (Lipinski definition) is 3. The molecule has 6 heteroatoms. The molecule has 0 saturated heterocycles. The van der Waals surface area contributed by atoms with Crippen LogP contribution < -0.4 is 15.8 Å². The van der Waals surface area contributed by atoms with Crippen molar-refractivity contribution in [2.24, 2.45) is 5.73 Å². The molecule has 20 heavy (non-hydrogen) atoms. The first-order valence-electron chi connectivity index (χ1n) is 6.56. The smallest absolute Gasteiger partial charge is 0.220 e. The summed E-state index contributed by atoms with van der Waals surface area (Å²) in [5.74, 6) is 0.553. The lowest BCUT2D eigenvalue weighted by atomic mass is 10.2. The second-order valence-electron chi connectivity index (χ2n) is 4.72. The Morgan fingerprint density at radius 1 is 1.50 bits per heavy atom. The molecule has 1 aromatic rings. The minimum absolute atomic E-state index is 0.00411. The zero-order valence-corrected chi connectivity index (χ0v) is 13.1. The van der Waals surface area contributed by atoms with E-state index in [1.165, 1.54) is 0 Å². The van der Waals surface area contributed by atoms with Gasteiger partial charge in [0.15, 0.2) is 0 Å². The standard InChI is InChI=1S/C14H21BrN2O3/c1-10(16)6-7-14(19)17-8-11(18)9-20-13-5-3-2-4-12(13)15/h2-5,10-11,18H,6-9,16H2,1H3,(H,17,19). The fraction of sp³-hybridized carbons (Fsp3) is 0.500. The van der Waals surface area contributed by atoms with Gasteiger partial charge in [-0.2, -0.15) is 0 Å². The van der Waals surface area contributed by atoms with Gasteiger partial charge in [0, 0.05) is 19.0 Å². The molecule has 0 radical (unpaired) electrons.